The number of nitrogens with one attached hydrogen (secondary N) is 3. The Morgan fingerprint density at radius 1 is 1.00 bits per heavy atom. The molecule has 30 heavy (non-hydrogen) atoms. The van der Waals surface area contributed by atoms with E-state index in [4.69, 9.17) is 0 Å². The average Bonchev–Trinajstić information content (AvgIpc) is 2.74. The lowest BCUT2D eigenvalue weighted by atomic mass is 9.85. The zero-order valence-electron chi connectivity index (χ0n) is 18.8. The zero-order chi connectivity index (χ0) is 22.0. The number of hydrogen-bond acceptors (Lipinski definition) is 3. The van der Waals surface area contributed by atoms with Crippen LogP contribution in [0, 0.1) is 0 Å². The third kappa shape index (κ3) is 7.52. The van der Waals surface area contributed by atoms with E-state index in [0.29, 0.717) is 18.7 Å². The lowest BCUT2D eigenvalue weighted by Gasteiger charge is -2.26. The third-order valence-electron chi connectivity index (χ3n) is 4.97. The summed E-state index contributed by atoms with van der Waals surface area (Å²) in [6, 6.07) is 18.1. The molecule has 1 amide bonds. The van der Waals surface area contributed by atoms with Crippen LogP contribution in [0.3, 0.4) is 0 Å². The highest BCUT2D eigenvalue weighted by Crippen LogP contribution is 2.21. The summed E-state index contributed by atoms with van der Waals surface area (Å²) in [5.41, 5.74) is 2.95. The molecule has 0 fully saturated rings. The van der Waals surface area contributed by atoms with E-state index in [0.717, 1.165) is 24.6 Å². The van der Waals surface area contributed by atoms with Crippen molar-refractivity contribution < 1.29 is 4.79 Å². The highest BCUT2D eigenvalue weighted by molar-refractivity contribution is 5.94. The fourth-order valence-electron chi connectivity index (χ4n) is 3.02. The Morgan fingerprint density at radius 3 is 2.40 bits per heavy atom. The first-order valence-electron chi connectivity index (χ1n) is 10.3. The largest absolute Gasteiger partial charge is 0.356 e. The van der Waals surface area contributed by atoms with E-state index in [9.17, 15) is 4.79 Å². The summed E-state index contributed by atoms with van der Waals surface area (Å²) in [7, 11) is 5.74. The number of carbonyl (C=O) groups is 1. The molecule has 3 N–H and O–H groups in total. The van der Waals surface area contributed by atoms with E-state index in [-0.39, 0.29) is 11.3 Å². The van der Waals surface area contributed by atoms with Crippen molar-refractivity contribution >= 4 is 11.9 Å². The second-order valence-corrected chi connectivity index (χ2v) is 8.29. The molecule has 0 radical (unpaired) electrons. The molecule has 0 heterocycles. The van der Waals surface area contributed by atoms with Gasteiger partial charge < -0.3 is 20.9 Å². The van der Waals surface area contributed by atoms with Gasteiger partial charge in [0.05, 0.1) is 0 Å². The average molecular weight is 410 g/mol. The van der Waals surface area contributed by atoms with Crippen molar-refractivity contribution in [3.8, 4) is 0 Å². The summed E-state index contributed by atoms with van der Waals surface area (Å²) in [5, 5.41) is 9.69. The smallest absolute Gasteiger partial charge is 0.251 e. The molecule has 0 atom stereocenters. The van der Waals surface area contributed by atoms with Crippen LogP contribution in [0.5, 0.6) is 0 Å². The molecule has 2 rings (SSSR count). The Kier molecular flexibility index (Phi) is 8.87. The summed E-state index contributed by atoms with van der Waals surface area (Å²) in [6.07, 6.45) is 0. The highest BCUT2D eigenvalue weighted by Gasteiger charge is 2.20. The van der Waals surface area contributed by atoms with Crippen LogP contribution in [0.2, 0.25) is 0 Å². The van der Waals surface area contributed by atoms with Crippen molar-refractivity contribution in [2.24, 2.45) is 4.99 Å². The Balaban J connectivity index is 1.88. The monoisotopic (exact) mass is 409 g/mol. The number of benzene rings is 2. The van der Waals surface area contributed by atoms with Gasteiger partial charge in [0.2, 0.25) is 0 Å². The van der Waals surface area contributed by atoms with Crippen molar-refractivity contribution in [1.29, 1.82) is 0 Å². The maximum absolute atomic E-state index is 12.3. The quantitative estimate of drug-likeness (QED) is 0.440. The number of nitrogens with zero attached hydrogens (tertiary/aromatic N) is 2. The summed E-state index contributed by atoms with van der Waals surface area (Å²) < 4.78 is 0. The lowest BCUT2D eigenvalue weighted by Crippen LogP contribution is -2.43. The minimum Gasteiger partial charge on any atom is -0.356 e. The Morgan fingerprint density at radius 2 is 1.73 bits per heavy atom. The van der Waals surface area contributed by atoms with Gasteiger partial charge in [-0.3, -0.25) is 9.79 Å². The predicted molar refractivity (Wildman–Crippen MR) is 125 cm³/mol. The van der Waals surface area contributed by atoms with Crippen LogP contribution in [-0.2, 0) is 12.0 Å². The van der Waals surface area contributed by atoms with Crippen LogP contribution < -0.4 is 16.0 Å². The topological polar surface area (TPSA) is 68.8 Å². The fraction of sp³-hybridized carbons (Fsp3) is 0.417. The van der Waals surface area contributed by atoms with Crippen molar-refractivity contribution in [3.63, 3.8) is 0 Å². The first-order chi connectivity index (χ1) is 14.3. The van der Waals surface area contributed by atoms with Crippen molar-refractivity contribution in [2.45, 2.75) is 25.8 Å². The van der Waals surface area contributed by atoms with Gasteiger partial charge in [0.1, 0.15) is 0 Å². The molecule has 2 aromatic rings. The van der Waals surface area contributed by atoms with Crippen LogP contribution in [0.25, 0.3) is 0 Å². The predicted octanol–water partition coefficient (Wildman–Crippen LogP) is 2.62. The molecule has 162 valence electrons. The molecule has 0 saturated carbocycles. The molecule has 6 heteroatoms. The van der Waals surface area contributed by atoms with Crippen LogP contribution in [0.15, 0.2) is 59.6 Å². The number of hydrogen-bond donors (Lipinski definition) is 3. The van der Waals surface area contributed by atoms with E-state index in [1.807, 2.05) is 49.3 Å². The molecule has 6 nitrogen and oxygen atoms in total. The van der Waals surface area contributed by atoms with Gasteiger partial charge in [0, 0.05) is 44.2 Å². The minimum atomic E-state index is -0.0502. The van der Waals surface area contributed by atoms with Gasteiger partial charge in [0.15, 0.2) is 5.96 Å². The van der Waals surface area contributed by atoms with E-state index in [1.165, 1.54) is 5.56 Å². The Hall–Kier alpha value is -2.86. The van der Waals surface area contributed by atoms with Crippen LogP contribution in [-0.4, -0.2) is 57.5 Å². The summed E-state index contributed by atoms with van der Waals surface area (Å²) in [6.45, 7) is 7.20. The van der Waals surface area contributed by atoms with Crippen molar-refractivity contribution in [2.75, 3.05) is 40.8 Å². The Labute approximate surface area is 180 Å². The SMILES string of the molecule is CN=C(NCc1cccc(C(=O)NCCN(C)C)c1)NCC(C)(C)c1ccccc1. The standard InChI is InChI=1S/C24H35N5O/c1-24(2,21-12-7-6-8-13-21)18-28-23(25-3)27-17-19-10-9-11-20(16-19)22(30)26-14-15-29(4)5/h6-13,16H,14-15,17-18H2,1-5H3,(H,26,30)(H2,25,27,28). The van der Waals surface area contributed by atoms with Crippen LogP contribution >= 0.6 is 0 Å². The van der Waals surface area contributed by atoms with E-state index < -0.39 is 0 Å². The van der Waals surface area contributed by atoms with Crippen LogP contribution in [0.1, 0.15) is 35.3 Å². The van der Waals surface area contributed by atoms with E-state index in [2.05, 4.69) is 59.1 Å². The molecule has 0 bridgehead atoms. The molecule has 0 aliphatic rings. The normalized spacial score (nSPS) is 12.0. The maximum Gasteiger partial charge on any atom is 0.251 e. The molecular formula is C24H35N5O. The number of guanidine groups is 1. The summed E-state index contributed by atoms with van der Waals surface area (Å²) >= 11 is 0. The molecule has 0 unspecified atom stereocenters. The number of carbonyl (C=O) groups excluding carboxylic acids is 1. The molecule has 0 saturated heterocycles. The van der Waals surface area contributed by atoms with Gasteiger partial charge in [-0.2, -0.15) is 0 Å². The molecule has 0 aliphatic carbocycles. The molecular weight excluding hydrogens is 374 g/mol. The molecule has 0 aliphatic heterocycles. The summed E-state index contributed by atoms with van der Waals surface area (Å²) in [4.78, 5) is 18.7. The second kappa shape index (κ2) is 11.4. The third-order valence-corrected chi connectivity index (χ3v) is 4.97. The van der Waals surface area contributed by atoms with E-state index >= 15 is 0 Å². The number of likely N-dealkylation sites (N-methyl/N-ethyl adjacent to an activating group) is 1. The molecule has 2 aromatic carbocycles. The van der Waals surface area contributed by atoms with Gasteiger partial charge in [-0.25, -0.2) is 0 Å². The number of rotatable bonds is 9. The first-order valence-corrected chi connectivity index (χ1v) is 10.3. The maximum atomic E-state index is 12.3. The number of aliphatic imine (C=N–C) groups is 1. The van der Waals surface area contributed by atoms with Crippen molar-refractivity contribution in [3.05, 3.63) is 71.3 Å². The van der Waals surface area contributed by atoms with Crippen molar-refractivity contribution in [1.82, 2.24) is 20.9 Å². The second-order valence-electron chi connectivity index (χ2n) is 8.29. The minimum absolute atomic E-state index is 0.0244. The zero-order valence-corrected chi connectivity index (χ0v) is 18.8. The van der Waals surface area contributed by atoms with Gasteiger partial charge in [-0.15, -0.1) is 0 Å². The van der Waals surface area contributed by atoms with Crippen LogP contribution in [0.4, 0.5) is 0 Å². The molecule has 0 spiro atoms. The van der Waals surface area contributed by atoms with Gasteiger partial charge in [-0.05, 0) is 37.4 Å². The summed E-state index contributed by atoms with van der Waals surface area (Å²) in [5.74, 6) is 0.686. The first kappa shape index (κ1) is 23.4. The van der Waals surface area contributed by atoms with E-state index in [1.54, 1.807) is 7.05 Å². The Bertz CT molecular complexity index is 830. The fourth-order valence-corrected chi connectivity index (χ4v) is 3.02. The number of amides is 1. The lowest BCUT2D eigenvalue weighted by molar-refractivity contribution is 0.0951. The van der Waals surface area contributed by atoms with Gasteiger partial charge >= 0.3 is 0 Å². The van der Waals surface area contributed by atoms with Gasteiger partial charge in [-0.1, -0.05) is 56.3 Å². The molecule has 0 aromatic heterocycles. The van der Waals surface area contributed by atoms with Gasteiger partial charge in [0.25, 0.3) is 5.91 Å². The highest BCUT2D eigenvalue weighted by atomic mass is 16.1.